The lowest BCUT2D eigenvalue weighted by atomic mass is 10.1. The number of nitrogens with zero attached hydrogens (tertiary/aromatic N) is 1. The molecular weight excluding hydrogens is 344 g/mol. The topological polar surface area (TPSA) is 75.7 Å². The van der Waals surface area contributed by atoms with Gasteiger partial charge in [-0.15, -0.1) is 0 Å². The summed E-state index contributed by atoms with van der Waals surface area (Å²) in [6.45, 7) is 1.37. The molecule has 4 rings (SSSR count). The molecule has 6 heteroatoms. The van der Waals surface area contributed by atoms with Crippen molar-refractivity contribution in [2.75, 3.05) is 13.2 Å². The first-order valence-electron chi connectivity index (χ1n) is 9.07. The minimum absolute atomic E-state index is 0.0791. The van der Waals surface area contributed by atoms with Crippen LogP contribution in [0.1, 0.15) is 49.5 Å². The lowest BCUT2D eigenvalue weighted by molar-refractivity contribution is 0.0642. The third-order valence-electron chi connectivity index (χ3n) is 4.92. The number of carbonyl (C=O) groups is 3. The van der Waals surface area contributed by atoms with E-state index >= 15 is 0 Å². The van der Waals surface area contributed by atoms with E-state index in [4.69, 9.17) is 4.74 Å². The van der Waals surface area contributed by atoms with Crippen molar-refractivity contribution in [3.63, 3.8) is 0 Å². The van der Waals surface area contributed by atoms with Gasteiger partial charge < -0.3 is 10.1 Å². The Labute approximate surface area is 157 Å². The molecule has 2 aromatic rings. The number of hydrogen-bond donors (Lipinski definition) is 1. The van der Waals surface area contributed by atoms with Gasteiger partial charge in [0.1, 0.15) is 0 Å². The van der Waals surface area contributed by atoms with Crippen LogP contribution in [0.15, 0.2) is 48.5 Å². The van der Waals surface area contributed by atoms with Crippen LogP contribution in [-0.4, -0.2) is 41.9 Å². The second-order valence-corrected chi connectivity index (χ2v) is 6.79. The highest BCUT2D eigenvalue weighted by Gasteiger charge is 2.35. The van der Waals surface area contributed by atoms with Gasteiger partial charge >= 0.3 is 0 Å². The quantitative estimate of drug-likeness (QED) is 0.827. The zero-order chi connectivity index (χ0) is 18.8. The smallest absolute Gasteiger partial charge is 0.261 e. The van der Waals surface area contributed by atoms with Crippen LogP contribution in [0.5, 0.6) is 0 Å². The number of amides is 3. The van der Waals surface area contributed by atoms with Gasteiger partial charge in [0.2, 0.25) is 0 Å². The summed E-state index contributed by atoms with van der Waals surface area (Å²) in [6, 6.07) is 13.8. The first kappa shape index (κ1) is 17.4. The first-order chi connectivity index (χ1) is 13.1. The van der Waals surface area contributed by atoms with Crippen LogP contribution in [-0.2, 0) is 11.3 Å². The average Bonchev–Trinajstić information content (AvgIpc) is 3.30. The number of nitrogens with one attached hydrogen (secondary N) is 1. The van der Waals surface area contributed by atoms with Crippen molar-refractivity contribution in [2.24, 2.45) is 0 Å². The maximum Gasteiger partial charge on any atom is 0.261 e. The van der Waals surface area contributed by atoms with Gasteiger partial charge in [-0.1, -0.05) is 24.3 Å². The summed E-state index contributed by atoms with van der Waals surface area (Å²) in [5.74, 6) is -0.789. The highest BCUT2D eigenvalue weighted by Crippen LogP contribution is 2.24. The number of fused-ring (bicyclic) bond motifs is 1. The summed E-state index contributed by atoms with van der Waals surface area (Å²) in [4.78, 5) is 38.6. The molecule has 1 fully saturated rings. The van der Waals surface area contributed by atoms with Gasteiger partial charge in [-0.3, -0.25) is 19.3 Å². The summed E-state index contributed by atoms with van der Waals surface area (Å²) in [6.07, 6.45) is 2.06. The van der Waals surface area contributed by atoms with Crippen molar-refractivity contribution >= 4 is 17.7 Å². The maximum absolute atomic E-state index is 12.5. The molecule has 1 saturated heterocycles. The number of carbonyl (C=O) groups excluding carboxylic acids is 3. The number of hydrogen-bond acceptors (Lipinski definition) is 4. The Morgan fingerprint density at radius 1 is 1.07 bits per heavy atom. The van der Waals surface area contributed by atoms with Gasteiger partial charge in [0.15, 0.2) is 0 Å². The molecule has 0 spiro atoms. The highest BCUT2D eigenvalue weighted by molar-refractivity contribution is 6.21. The molecule has 2 aromatic carbocycles. The molecule has 0 bridgehead atoms. The molecule has 138 valence electrons. The van der Waals surface area contributed by atoms with Crippen LogP contribution in [0.25, 0.3) is 0 Å². The van der Waals surface area contributed by atoms with E-state index in [1.165, 1.54) is 4.90 Å². The van der Waals surface area contributed by atoms with Gasteiger partial charge in [0.05, 0.1) is 23.8 Å². The molecular formula is C21H20N2O4. The van der Waals surface area contributed by atoms with Crippen molar-refractivity contribution in [2.45, 2.75) is 25.5 Å². The molecule has 2 heterocycles. The fourth-order valence-electron chi connectivity index (χ4n) is 3.49. The molecule has 6 nitrogen and oxygen atoms in total. The number of rotatable bonds is 5. The first-order valence-corrected chi connectivity index (χ1v) is 9.07. The lowest BCUT2D eigenvalue weighted by Crippen LogP contribution is -2.32. The summed E-state index contributed by atoms with van der Waals surface area (Å²) >= 11 is 0. The molecule has 0 radical (unpaired) electrons. The van der Waals surface area contributed by atoms with Gasteiger partial charge in [-0.05, 0) is 42.7 Å². The average molecular weight is 364 g/mol. The molecule has 0 aliphatic carbocycles. The standard InChI is InChI=1S/C21H20N2O4/c24-19(22-12-16-7-4-10-27-16)15-6-3-5-14(11-15)13-23-20(25)17-8-1-2-9-18(17)21(23)26/h1-3,5-6,8-9,11,16H,4,7,10,12-13H2,(H,22,24). The van der Waals surface area contributed by atoms with Crippen LogP contribution in [0.3, 0.4) is 0 Å². The lowest BCUT2D eigenvalue weighted by Gasteiger charge is -2.15. The van der Waals surface area contributed by atoms with E-state index < -0.39 is 0 Å². The van der Waals surface area contributed by atoms with Crippen LogP contribution < -0.4 is 5.32 Å². The molecule has 2 aliphatic rings. The Hall–Kier alpha value is -2.99. The van der Waals surface area contributed by atoms with Crippen molar-refractivity contribution in [1.82, 2.24) is 10.2 Å². The largest absolute Gasteiger partial charge is 0.376 e. The monoisotopic (exact) mass is 364 g/mol. The van der Waals surface area contributed by atoms with Crippen molar-refractivity contribution in [1.29, 1.82) is 0 Å². The second kappa shape index (κ2) is 7.32. The fraction of sp³-hybridized carbons (Fsp3) is 0.286. The highest BCUT2D eigenvalue weighted by atomic mass is 16.5. The van der Waals surface area contributed by atoms with E-state index in [-0.39, 0.29) is 30.4 Å². The molecule has 1 atom stereocenters. The minimum atomic E-state index is -0.302. The summed E-state index contributed by atoms with van der Waals surface area (Å²) in [7, 11) is 0. The van der Waals surface area contributed by atoms with Crippen molar-refractivity contribution in [3.05, 3.63) is 70.8 Å². The van der Waals surface area contributed by atoms with E-state index in [9.17, 15) is 14.4 Å². The molecule has 0 aromatic heterocycles. The number of ether oxygens (including phenoxy) is 1. The Kier molecular flexibility index (Phi) is 4.73. The molecule has 2 aliphatic heterocycles. The van der Waals surface area contributed by atoms with Gasteiger partial charge in [-0.2, -0.15) is 0 Å². The Morgan fingerprint density at radius 2 is 1.81 bits per heavy atom. The van der Waals surface area contributed by atoms with E-state index in [0.29, 0.717) is 23.2 Å². The molecule has 0 saturated carbocycles. The van der Waals surface area contributed by atoms with E-state index in [1.54, 1.807) is 48.5 Å². The predicted octanol–water partition coefficient (Wildman–Crippen LogP) is 2.39. The summed E-state index contributed by atoms with van der Waals surface area (Å²) < 4.78 is 5.51. The molecule has 1 unspecified atom stereocenters. The SMILES string of the molecule is O=C(NCC1CCCO1)c1cccc(CN2C(=O)c3ccccc3C2=O)c1. The van der Waals surface area contributed by atoms with Crippen LogP contribution >= 0.6 is 0 Å². The zero-order valence-corrected chi connectivity index (χ0v) is 14.8. The normalized spacial score (nSPS) is 18.7. The second-order valence-electron chi connectivity index (χ2n) is 6.79. The van der Waals surface area contributed by atoms with Crippen molar-refractivity contribution < 1.29 is 19.1 Å². The van der Waals surface area contributed by atoms with E-state index in [0.717, 1.165) is 25.0 Å². The van der Waals surface area contributed by atoms with E-state index in [1.807, 2.05) is 0 Å². The summed E-state index contributed by atoms with van der Waals surface area (Å²) in [5, 5.41) is 2.88. The Morgan fingerprint density at radius 3 is 2.48 bits per heavy atom. The molecule has 1 N–H and O–H groups in total. The van der Waals surface area contributed by atoms with Gasteiger partial charge in [0.25, 0.3) is 17.7 Å². The van der Waals surface area contributed by atoms with Gasteiger partial charge in [0, 0.05) is 18.7 Å². The van der Waals surface area contributed by atoms with Gasteiger partial charge in [-0.25, -0.2) is 0 Å². The number of benzene rings is 2. The Bertz CT molecular complexity index is 868. The van der Waals surface area contributed by atoms with Crippen LogP contribution in [0.4, 0.5) is 0 Å². The predicted molar refractivity (Wildman–Crippen MR) is 98.4 cm³/mol. The van der Waals surface area contributed by atoms with Crippen LogP contribution in [0, 0.1) is 0 Å². The summed E-state index contributed by atoms with van der Waals surface area (Å²) in [5.41, 5.74) is 2.08. The van der Waals surface area contributed by atoms with Crippen LogP contribution in [0.2, 0.25) is 0 Å². The zero-order valence-electron chi connectivity index (χ0n) is 14.8. The number of imide groups is 1. The minimum Gasteiger partial charge on any atom is -0.376 e. The fourth-order valence-corrected chi connectivity index (χ4v) is 3.49. The third-order valence-corrected chi connectivity index (χ3v) is 4.92. The third kappa shape index (κ3) is 3.48. The Balaban J connectivity index is 1.44. The molecule has 3 amide bonds. The molecule has 27 heavy (non-hydrogen) atoms. The maximum atomic E-state index is 12.5. The van der Waals surface area contributed by atoms with Crippen molar-refractivity contribution in [3.8, 4) is 0 Å². The van der Waals surface area contributed by atoms with E-state index in [2.05, 4.69) is 5.32 Å².